The predicted octanol–water partition coefficient (Wildman–Crippen LogP) is -0.480. The van der Waals surface area contributed by atoms with Crippen LogP contribution in [0.3, 0.4) is 0 Å². The SMILES string of the molecule is O=c1cc[nH]cc1S(=O)(=O)N1CCC[C@@H]1CO. The second kappa shape index (κ2) is 4.59. The van der Waals surface area contributed by atoms with E-state index >= 15 is 0 Å². The van der Waals surface area contributed by atoms with Gasteiger partial charge in [-0.25, -0.2) is 8.42 Å². The lowest BCUT2D eigenvalue weighted by Crippen LogP contribution is -2.39. The number of H-pyrrole nitrogens is 1. The van der Waals surface area contributed by atoms with Gasteiger partial charge in [0.1, 0.15) is 4.90 Å². The Hall–Kier alpha value is -1.18. The second-order valence-corrected chi connectivity index (χ2v) is 5.83. The van der Waals surface area contributed by atoms with Gasteiger partial charge in [0.2, 0.25) is 15.5 Å². The Bertz CT molecular complexity index is 551. The number of nitrogens with one attached hydrogen (secondary N) is 1. The topological polar surface area (TPSA) is 90.5 Å². The molecule has 1 aliphatic rings. The molecule has 0 radical (unpaired) electrons. The van der Waals surface area contributed by atoms with Gasteiger partial charge >= 0.3 is 0 Å². The molecule has 1 aliphatic heterocycles. The zero-order chi connectivity index (χ0) is 12.5. The van der Waals surface area contributed by atoms with E-state index in [1.165, 1.54) is 22.8 Å². The van der Waals surface area contributed by atoms with Gasteiger partial charge in [-0.15, -0.1) is 0 Å². The summed E-state index contributed by atoms with van der Waals surface area (Å²) < 4.78 is 25.6. The summed E-state index contributed by atoms with van der Waals surface area (Å²) in [5, 5.41) is 9.12. The Morgan fingerprint density at radius 2 is 2.29 bits per heavy atom. The van der Waals surface area contributed by atoms with Gasteiger partial charge in [0.25, 0.3) is 0 Å². The Labute approximate surface area is 98.9 Å². The van der Waals surface area contributed by atoms with Crippen molar-refractivity contribution >= 4 is 10.0 Å². The second-order valence-electron chi connectivity index (χ2n) is 3.97. The zero-order valence-corrected chi connectivity index (χ0v) is 9.98. The lowest BCUT2D eigenvalue weighted by atomic mass is 10.2. The maximum absolute atomic E-state index is 12.2. The molecular formula is C10H14N2O4S. The number of pyridine rings is 1. The monoisotopic (exact) mass is 258 g/mol. The largest absolute Gasteiger partial charge is 0.395 e. The third-order valence-corrected chi connectivity index (χ3v) is 4.88. The van der Waals surface area contributed by atoms with Crippen LogP contribution in [0.2, 0.25) is 0 Å². The van der Waals surface area contributed by atoms with Crippen LogP contribution in [0.5, 0.6) is 0 Å². The number of nitrogens with zero attached hydrogens (tertiary/aromatic N) is 1. The lowest BCUT2D eigenvalue weighted by Gasteiger charge is -2.21. The van der Waals surface area contributed by atoms with Crippen LogP contribution >= 0.6 is 0 Å². The summed E-state index contributed by atoms with van der Waals surface area (Å²) in [5.41, 5.74) is -0.535. The molecule has 0 spiro atoms. The Morgan fingerprint density at radius 1 is 1.53 bits per heavy atom. The minimum Gasteiger partial charge on any atom is -0.395 e. The molecular weight excluding hydrogens is 244 g/mol. The van der Waals surface area contributed by atoms with Crippen LogP contribution in [0.25, 0.3) is 0 Å². The number of aliphatic hydroxyl groups is 1. The first-order valence-corrected chi connectivity index (χ1v) is 6.81. The van der Waals surface area contributed by atoms with E-state index in [-0.39, 0.29) is 11.5 Å². The summed E-state index contributed by atoms with van der Waals surface area (Å²) in [6, 6.07) is 0.760. The van der Waals surface area contributed by atoms with E-state index in [9.17, 15) is 13.2 Å². The van der Waals surface area contributed by atoms with Crippen LogP contribution in [0, 0.1) is 0 Å². The molecule has 2 N–H and O–H groups in total. The normalized spacial score (nSPS) is 21.8. The first-order valence-electron chi connectivity index (χ1n) is 5.37. The standard InChI is InChI=1S/C10H14N2O4S/c13-7-8-2-1-5-12(8)17(15,16)10-6-11-4-3-9(10)14/h3-4,6,8,13H,1-2,5,7H2,(H,11,14)/t8-/m1/s1. The van der Waals surface area contributed by atoms with E-state index in [1.807, 2.05) is 0 Å². The van der Waals surface area contributed by atoms with Gasteiger partial charge in [0.05, 0.1) is 6.61 Å². The van der Waals surface area contributed by atoms with Crippen molar-refractivity contribution in [3.63, 3.8) is 0 Å². The molecule has 1 fully saturated rings. The average molecular weight is 258 g/mol. The number of hydrogen-bond donors (Lipinski definition) is 2. The molecule has 1 atom stereocenters. The van der Waals surface area contributed by atoms with Crippen molar-refractivity contribution in [1.82, 2.24) is 9.29 Å². The molecule has 1 aromatic heterocycles. The highest BCUT2D eigenvalue weighted by Crippen LogP contribution is 2.23. The summed E-state index contributed by atoms with van der Waals surface area (Å²) in [5.74, 6) is 0. The van der Waals surface area contributed by atoms with Crippen LogP contribution in [-0.2, 0) is 10.0 Å². The summed E-state index contributed by atoms with van der Waals surface area (Å²) in [6.45, 7) is 0.131. The van der Waals surface area contributed by atoms with Crippen LogP contribution in [0.15, 0.2) is 28.2 Å². The Balaban J connectivity index is 2.44. The lowest BCUT2D eigenvalue weighted by molar-refractivity contribution is 0.213. The van der Waals surface area contributed by atoms with Crippen LogP contribution in [0.1, 0.15) is 12.8 Å². The highest BCUT2D eigenvalue weighted by molar-refractivity contribution is 7.89. The van der Waals surface area contributed by atoms with Gasteiger partial charge in [-0.2, -0.15) is 4.31 Å². The van der Waals surface area contributed by atoms with Crippen molar-refractivity contribution in [1.29, 1.82) is 0 Å². The van der Waals surface area contributed by atoms with Gasteiger partial charge in [-0.1, -0.05) is 0 Å². The molecule has 0 unspecified atom stereocenters. The maximum Gasteiger partial charge on any atom is 0.248 e. The van der Waals surface area contributed by atoms with Crippen molar-refractivity contribution in [3.8, 4) is 0 Å². The third-order valence-electron chi connectivity index (χ3n) is 2.91. The van der Waals surface area contributed by atoms with Gasteiger partial charge < -0.3 is 10.1 Å². The van der Waals surface area contributed by atoms with E-state index in [0.29, 0.717) is 19.4 Å². The fourth-order valence-corrected chi connectivity index (χ4v) is 3.76. The van der Waals surface area contributed by atoms with E-state index in [2.05, 4.69) is 4.98 Å². The van der Waals surface area contributed by atoms with Crippen molar-refractivity contribution in [2.45, 2.75) is 23.8 Å². The highest BCUT2D eigenvalue weighted by Gasteiger charge is 2.35. The zero-order valence-electron chi connectivity index (χ0n) is 9.17. The Morgan fingerprint density at radius 3 is 2.94 bits per heavy atom. The van der Waals surface area contributed by atoms with Crippen molar-refractivity contribution in [2.24, 2.45) is 0 Å². The number of aromatic amines is 1. The molecule has 0 amide bonds. The van der Waals surface area contributed by atoms with Crippen molar-refractivity contribution < 1.29 is 13.5 Å². The van der Waals surface area contributed by atoms with Gasteiger partial charge in [-0.05, 0) is 12.8 Å². The van der Waals surface area contributed by atoms with Crippen LogP contribution < -0.4 is 5.43 Å². The van der Waals surface area contributed by atoms with E-state index in [4.69, 9.17) is 5.11 Å². The molecule has 2 rings (SSSR count). The van der Waals surface area contributed by atoms with E-state index < -0.39 is 21.5 Å². The number of rotatable bonds is 3. The molecule has 1 saturated heterocycles. The first kappa shape index (κ1) is 12.3. The average Bonchev–Trinajstić information content (AvgIpc) is 2.78. The first-order chi connectivity index (χ1) is 8.07. The molecule has 0 aliphatic carbocycles. The van der Waals surface area contributed by atoms with Crippen LogP contribution in [-0.4, -0.2) is 42.0 Å². The smallest absolute Gasteiger partial charge is 0.248 e. The number of sulfonamides is 1. The van der Waals surface area contributed by atoms with E-state index in [0.717, 1.165) is 0 Å². The summed E-state index contributed by atoms with van der Waals surface area (Å²) in [4.78, 5) is 13.9. The summed E-state index contributed by atoms with van der Waals surface area (Å²) >= 11 is 0. The molecule has 94 valence electrons. The van der Waals surface area contributed by atoms with Crippen LogP contribution in [0.4, 0.5) is 0 Å². The Kier molecular flexibility index (Phi) is 3.32. The molecule has 0 saturated carbocycles. The van der Waals surface area contributed by atoms with E-state index in [1.54, 1.807) is 0 Å². The fraction of sp³-hybridized carbons (Fsp3) is 0.500. The number of aliphatic hydroxyl groups excluding tert-OH is 1. The molecule has 1 aromatic rings. The number of hydrogen-bond acceptors (Lipinski definition) is 4. The third kappa shape index (κ3) is 2.13. The predicted molar refractivity (Wildman–Crippen MR) is 61.1 cm³/mol. The quantitative estimate of drug-likeness (QED) is 0.766. The van der Waals surface area contributed by atoms with Gasteiger partial charge in [0, 0.05) is 31.0 Å². The summed E-state index contributed by atoms with van der Waals surface area (Å²) in [7, 11) is -3.80. The molecule has 0 aromatic carbocycles. The molecule has 6 nitrogen and oxygen atoms in total. The minimum atomic E-state index is -3.80. The molecule has 17 heavy (non-hydrogen) atoms. The van der Waals surface area contributed by atoms with Crippen molar-refractivity contribution in [2.75, 3.05) is 13.2 Å². The van der Waals surface area contributed by atoms with Gasteiger partial charge in [-0.3, -0.25) is 4.79 Å². The molecule has 0 bridgehead atoms. The fourth-order valence-electron chi connectivity index (χ4n) is 2.04. The summed E-state index contributed by atoms with van der Waals surface area (Å²) in [6.07, 6.45) is 3.90. The molecule has 2 heterocycles. The molecule has 7 heteroatoms. The van der Waals surface area contributed by atoms with Crippen molar-refractivity contribution in [3.05, 3.63) is 28.7 Å². The number of aromatic nitrogens is 1. The maximum atomic E-state index is 12.2. The van der Waals surface area contributed by atoms with Gasteiger partial charge in [0.15, 0.2) is 0 Å². The highest BCUT2D eigenvalue weighted by atomic mass is 32.2. The minimum absolute atomic E-state index is 0.218.